The summed E-state index contributed by atoms with van der Waals surface area (Å²) in [6.07, 6.45) is 0. The molecule has 204 valence electrons. The van der Waals surface area contributed by atoms with Crippen molar-refractivity contribution < 1.29 is 24.0 Å². The van der Waals surface area contributed by atoms with Gasteiger partial charge in [0.25, 0.3) is 5.69 Å². The van der Waals surface area contributed by atoms with Gasteiger partial charge in [-0.2, -0.15) is 10.5 Å². The van der Waals surface area contributed by atoms with Gasteiger partial charge in [-0.1, -0.05) is 54.6 Å². The number of esters is 2. The monoisotopic (exact) mass is 548 g/mol. The summed E-state index contributed by atoms with van der Waals surface area (Å²) in [5, 5.41) is 33.2. The summed E-state index contributed by atoms with van der Waals surface area (Å²) in [7, 11) is 0. The third kappa shape index (κ3) is 4.09. The lowest BCUT2D eigenvalue weighted by Gasteiger charge is -2.51. The van der Waals surface area contributed by atoms with Gasteiger partial charge in [0.15, 0.2) is 5.41 Å². The Kier molecular flexibility index (Phi) is 7.00. The number of nitrogens with zero attached hydrogens (tertiary/aromatic N) is 4. The highest BCUT2D eigenvalue weighted by Gasteiger charge is 2.61. The number of carbonyl (C=O) groups excluding carboxylic acids is 2. The first-order chi connectivity index (χ1) is 19.8. The number of fused-ring (bicyclic) bond motifs is 6. The summed E-state index contributed by atoms with van der Waals surface area (Å²) in [4.78, 5) is 40.0. The Labute approximate surface area is 235 Å². The Hall–Kier alpha value is -5.48. The molecule has 0 aromatic heterocycles. The molecule has 41 heavy (non-hydrogen) atoms. The van der Waals surface area contributed by atoms with Crippen LogP contribution in [0.15, 0.2) is 84.1 Å². The molecule has 0 N–H and O–H groups in total. The van der Waals surface area contributed by atoms with Crippen LogP contribution in [0.5, 0.6) is 0 Å². The van der Waals surface area contributed by atoms with Gasteiger partial charge in [-0.05, 0) is 36.6 Å². The van der Waals surface area contributed by atoms with Crippen LogP contribution in [0.2, 0.25) is 0 Å². The predicted octanol–water partition coefficient (Wildman–Crippen LogP) is 5.33. The van der Waals surface area contributed by atoms with E-state index in [1.165, 1.54) is 24.3 Å². The summed E-state index contributed by atoms with van der Waals surface area (Å²) in [5.74, 6) is -3.05. The molecule has 3 aromatic rings. The fourth-order valence-corrected chi connectivity index (χ4v) is 5.85. The Bertz CT molecular complexity index is 1670. The summed E-state index contributed by atoms with van der Waals surface area (Å²) in [6.45, 7) is 3.19. The number of nitro benzene ring substituents is 1. The Balaban J connectivity index is 1.96. The number of nitriles is 2. The molecule has 10 nitrogen and oxygen atoms in total. The van der Waals surface area contributed by atoms with Crippen molar-refractivity contribution in [3.63, 3.8) is 0 Å². The number of benzene rings is 3. The molecule has 0 amide bonds. The van der Waals surface area contributed by atoms with E-state index in [0.29, 0.717) is 11.3 Å². The van der Waals surface area contributed by atoms with E-state index in [-0.39, 0.29) is 35.7 Å². The molecule has 5 rings (SSSR count). The molecule has 3 aromatic carbocycles. The molecule has 10 heteroatoms. The van der Waals surface area contributed by atoms with Crippen molar-refractivity contribution in [1.82, 2.24) is 0 Å². The zero-order chi connectivity index (χ0) is 29.3. The van der Waals surface area contributed by atoms with Crippen LogP contribution in [-0.4, -0.2) is 30.1 Å². The molecule has 2 heterocycles. The van der Waals surface area contributed by atoms with Gasteiger partial charge in [-0.3, -0.25) is 10.1 Å². The molecule has 0 spiro atoms. The first-order valence-corrected chi connectivity index (χ1v) is 13.0. The van der Waals surface area contributed by atoms with Crippen LogP contribution in [-0.2, 0) is 19.1 Å². The second-order valence-corrected chi connectivity index (χ2v) is 9.45. The predicted molar refractivity (Wildman–Crippen MR) is 147 cm³/mol. The highest BCUT2D eigenvalue weighted by atomic mass is 16.6. The number of ether oxygens (including phenoxy) is 2. The van der Waals surface area contributed by atoms with E-state index in [9.17, 15) is 30.2 Å². The maximum atomic E-state index is 13.8. The molecule has 0 saturated carbocycles. The van der Waals surface area contributed by atoms with Gasteiger partial charge in [0.05, 0.1) is 47.8 Å². The summed E-state index contributed by atoms with van der Waals surface area (Å²) in [6, 6.07) is 23.1. The van der Waals surface area contributed by atoms with E-state index in [1.807, 2.05) is 24.3 Å². The standard InChI is InChI=1S/C31H24N4O6/c1-3-40-29(36)25-26(19-13-15-20(16-14-19)35(38)39)31(17-32,18-33)28-23-11-6-5-9-21(23)22-10-7-8-12-24(22)34(28)27(25)30(37)41-4-2/h5-16,26,28H,3-4H2,1-2H3. The number of hydrogen-bond acceptors (Lipinski definition) is 9. The lowest BCUT2D eigenvalue weighted by molar-refractivity contribution is -0.384. The molecule has 0 radical (unpaired) electrons. The van der Waals surface area contributed by atoms with Gasteiger partial charge in [-0.25, -0.2) is 9.59 Å². The highest BCUT2D eigenvalue weighted by Crippen LogP contribution is 2.62. The van der Waals surface area contributed by atoms with Crippen molar-refractivity contribution in [3.8, 4) is 23.3 Å². The fraction of sp³-hybridized carbons (Fsp3) is 0.226. The lowest BCUT2D eigenvalue weighted by Crippen LogP contribution is -2.52. The van der Waals surface area contributed by atoms with Crippen molar-refractivity contribution in [2.24, 2.45) is 5.41 Å². The van der Waals surface area contributed by atoms with Gasteiger partial charge >= 0.3 is 11.9 Å². The molecule has 0 saturated heterocycles. The average molecular weight is 549 g/mol. The molecule has 2 unspecified atom stereocenters. The number of non-ortho nitro benzene ring substituents is 1. The smallest absolute Gasteiger partial charge is 0.355 e. The van der Waals surface area contributed by atoms with Gasteiger partial charge in [0, 0.05) is 23.4 Å². The molecule has 2 aliphatic rings. The minimum Gasteiger partial charge on any atom is -0.463 e. The average Bonchev–Trinajstić information content (AvgIpc) is 3.00. The normalized spacial score (nSPS) is 18.1. The van der Waals surface area contributed by atoms with Gasteiger partial charge in [0.2, 0.25) is 0 Å². The second kappa shape index (κ2) is 10.6. The molecule has 0 aliphatic carbocycles. The Morgan fingerprint density at radius 1 is 0.902 bits per heavy atom. The third-order valence-corrected chi connectivity index (χ3v) is 7.41. The van der Waals surface area contributed by atoms with Crippen LogP contribution in [0, 0.1) is 38.2 Å². The maximum Gasteiger partial charge on any atom is 0.355 e. The largest absolute Gasteiger partial charge is 0.463 e. The molecular formula is C31H24N4O6. The third-order valence-electron chi connectivity index (χ3n) is 7.41. The second-order valence-electron chi connectivity index (χ2n) is 9.45. The van der Waals surface area contributed by atoms with E-state index in [1.54, 1.807) is 43.0 Å². The Morgan fingerprint density at radius 2 is 1.49 bits per heavy atom. The van der Waals surface area contributed by atoms with E-state index < -0.39 is 34.2 Å². The number of nitro groups is 1. The summed E-state index contributed by atoms with van der Waals surface area (Å²) in [5.41, 5.74) is 0.304. The van der Waals surface area contributed by atoms with Crippen LogP contribution >= 0.6 is 0 Å². The van der Waals surface area contributed by atoms with Gasteiger partial charge in [0.1, 0.15) is 5.70 Å². The molecular weight excluding hydrogens is 524 g/mol. The van der Waals surface area contributed by atoms with Crippen LogP contribution in [0.4, 0.5) is 11.4 Å². The van der Waals surface area contributed by atoms with Crippen molar-refractivity contribution >= 4 is 23.3 Å². The quantitative estimate of drug-likeness (QED) is 0.226. The zero-order valence-electron chi connectivity index (χ0n) is 22.2. The summed E-state index contributed by atoms with van der Waals surface area (Å²) < 4.78 is 10.9. The van der Waals surface area contributed by atoms with Crippen LogP contribution in [0.1, 0.15) is 36.9 Å². The van der Waals surface area contributed by atoms with Crippen molar-refractivity contribution in [3.05, 3.63) is 105 Å². The van der Waals surface area contributed by atoms with Crippen molar-refractivity contribution in [2.75, 3.05) is 18.1 Å². The Morgan fingerprint density at radius 3 is 2.10 bits per heavy atom. The number of para-hydroxylation sites is 1. The van der Waals surface area contributed by atoms with Crippen molar-refractivity contribution in [2.45, 2.75) is 25.8 Å². The van der Waals surface area contributed by atoms with Crippen molar-refractivity contribution in [1.29, 1.82) is 10.5 Å². The minimum atomic E-state index is -1.99. The molecule has 0 bridgehead atoms. The highest BCUT2D eigenvalue weighted by molar-refractivity contribution is 6.07. The number of anilines is 1. The zero-order valence-corrected chi connectivity index (χ0v) is 22.2. The number of rotatable bonds is 6. The number of hydrogen-bond donors (Lipinski definition) is 0. The van der Waals surface area contributed by atoms with E-state index >= 15 is 0 Å². The fourth-order valence-electron chi connectivity index (χ4n) is 5.85. The molecule has 0 fully saturated rings. The first kappa shape index (κ1) is 27.1. The van der Waals surface area contributed by atoms with Gasteiger partial charge < -0.3 is 14.4 Å². The SMILES string of the molecule is CCOC(=O)C1=C(C(=O)OCC)N2c3ccccc3-c3ccccc3C2C(C#N)(C#N)C1c1ccc([N+](=O)[O-])cc1. The maximum absolute atomic E-state index is 13.8. The van der Waals surface area contributed by atoms with Gasteiger partial charge in [-0.15, -0.1) is 0 Å². The number of carbonyl (C=O) groups is 2. The molecule has 2 aliphatic heterocycles. The van der Waals surface area contributed by atoms with Crippen LogP contribution in [0.3, 0.4) is 0 Å². The molecule has 2 atom stereocenters. The van der Waals surface area contributed by atoms with E-state index in [0.717, 1.165) is 11.1 Å². The van der Waals surface area contributed by atoms with E-state index in [4.69, 9.17) is 9.47 Å². The van der Waals surface area contributed by atoms with E-state index in [2.05, 4.69) is 12.1 Å². The summed E-state index contributed by atoms with van der Waals surface area (Å²) >= 11 is 0. The first-order valence-electron chi connectivity index (χ1n) is 13.0. The minimum absolute atomic E-state index is 0.000972. The van der Waals surface area contributed by atoms with Crippen LogP contribution < -0.4 is 4.90 Å². The van der Waals surface area contributed by atoms with Crippen LogP contribution in [0.25, 0.3) is 11.1 Å². The lowest BCUT2D eigenvalue weighted by atomic mass is 9.59. The topological polar surface area (TPSA) is 147 Å².